The molecule has 0 amide bonds. The number of hydrogen-bond donors (Lipinski definition) is 2. The molecule has 0 aromatic rings. The van der Waals surface area contributed by atoms with Crippen molar-refractivity contribution in [3.63, 3.8) is 0 Å². The van der Waals surface area contributed by atoms with Crippen LogP contribution in [0.5, 0.6) is 0 Å². The van der Waals surface area contributed by atoms with E-state index in [1.165, 1.54) is 0 Å². The van der Waals surface area contributed by atoms with E-state index in [0.717, 1.165) is 12.8 Å². The highest BCUT2D eigenvalue weighted by molar-refractivity contribution is 5.85. The molecular weight excluding hydrogens is 126 g/mol. The molecule has 1 saturated carbocycles. The van der Waals surface area contributed by atoms with E-state index >= 15 is 0 Å². The van der Waals surface area contributed by atoms with Crippen LogP contribution in [0.4, 0.5) is 0 Å². The van der Waals surface area contributed by atoms with Gasteiger partial charge in [-0.05, 0) is 19.8 Å². The summed E-state index contributed by atoms with van der Waals surface area (Å²) in [5, 5.41) is 9.06. The normalized spacial score (nSPS) is 44.6. The van der Waals surface area contributed by atoms with Crippen molar-refractivity contribution in [1.29, 1.82) is 0 Å². The maximum atomic E-state index is 9.06. The Bertz CT molecular complexity index is 84.5. The van der Waals surface area contributed by atoms with Gasteiger partial charge in [0.1, 0.15) is 0 Å². The number of nitrogens with two attached hydrogens (primary N) is 1. The highest BCUT2D eigenvalue weighted by Crippen LogP contribution is 2.29. The minimum absolute atomic E-state index is 0. The lowest BCUT2D eigenvalue weighted by molar-refractivity contribution is -0.0367. The summed E-state index contributed by atoms with van der Waals surface area (Å²) in [7, 11) is 0. The number of halogens is 1. The molecule has 2 nitrogen and oxygen atoms in total. The largest absolute Gasteiger partial charge is 0.389 e. The SMILES string of the molecule is C[C@@]1(O)CC[C@H]1N.Cl. The van der Waals surface area contributed by atoms with Gasteiger partial charge in [0.25, 0.3) is 0 Å². The first-order valence-corrected chi connectivity index (χ1v) is 2.61. The molecule has 8 heavy (non-hydrogen) atoms. The second-order valence-electron chi connectivity index (χ2n) is 2.50. The quantitative estimate of drug-likeness (QED) is 0.504. The summed E-state index contributed by atoms with van der Waals surface area (Å²) < 4.78 is 0. The van der Waals surface area contributed by atoms with Gasteiger partial charge < -0.3 is 10.8 Å². The summed E-state index contributed by atoms with van der Waals surface area (Å²) in [6, 6.07) is 0.0347. The maximum absolute atomic E-state index is 9.06. The first kappa shape index (κ1) is 8.21. The highest BCUT2D eigenvalue weighted by atomic mass is 35.5. The Morgan fingerprint density at radius 2 is 2.12 bits per heavy atom. The van der Waals surface area contributed by atoms with Crippen LogP contribution >= 0.6 is 12.4 Å². The van der Waals surface area contributed by atoms with Gasteiger partial charge in [-0.1, -0.05) is 0 Å². The molecule has 1 aliphatic rings. The molecule has 0 unspecified atom stereocenters. The average molecular weight is 138 g/mol. The summed E-state index contributed by atoms with van der Waals surface area (Å²) in [4.78, 5) is 0. The third kappa shape index (κ3) is 1.13. The van der Waals surface area contributed by atoms with E-state index in [2.05, 4.69) is 0 Å². The summed E-state index contributed by atoms with van der Waals surface area (Å²) >= 11 is 0. The Morgan fingerprint density at radius 3 is 2.12 bits per heavy atom. The molecular formula is C5H12ClNO. The van der Waals surface area contributed by atoms with Gasteiger partial charge in [-0.25, -0.2) is 0 Å². The monoisotopic (exact) mass is 137 g/mol. The topological polar surface area (TPSA) is 46.2 Å². The van der Waals surface area contributed by atoms with Crippen LogP contribution in [0.25, 0.3) is 0 Å². The van der Waals surface area contributed by atoms with Gasteiger partial charge in [0.15, 0.2) is 0 Å². The fourth-order valence-electron chi connectivity index (χ4n) is 0.729. The zero-order chi connectivity index (χ0) is 5.49. The fraction of sp³-hybridized carbons (Fsp3) is 1.00. The average Bonchev–Trinajstić information content (AvgIpc) is 1.63. The molecule has 0 saturated heterocycles. The number of hydrogen-bond acceptors (Lipinski definition) is 2. The lowest BCUT2D eigenvalue weighted by atomic mass is 9.77. The molecule has 3 N–H and O–H groups in total. The van der Waals surface area contributed by atoms with Gasteiger partial charge in [0.05, 0.1) is 5.60 Å². The van der Waals surface area contributed by atoms with Gasteiger partial charge in [0, 0.05) is 6.04 Å². The predicted octanol–water partition coefficient (Wildman–Crippen LogP) is 0.280. The molecule has 1 aliphatic carbocycles. The summed E-state index contributed by atoms with van der Waals surface area (Å²) in [5.41, 5.74) is 4.86. The predicted molar refractivity (Wildman–Crippen MR) is 35.1 cm³/mol. The van der Waals surface area contributed by atoms with Crippen molar-refractivity contribution in [3.05, 3.63) is 0 Å². The molecule has 0 spiro atoms. The molecule has 1 fully saturated rings. The van der Waals surface area contributed by atoms with E-state index in [-0.39, 0.29) is 18.4 Å². The maximum Gasteiger partial charge on any atom is 0.0770 e. The summed E-state index contributed by atoms with van der Waals surface area (Å²) in [6.07, 6.45) is 1.85. The molecule has 0 heterocycles. The van der Waals surface area contributed by atoms with Gasteiger partial charge >= 0.3 is 0 Å². The highest BCUT2D eigenvalue weighted by Gasteiger charge is 2.37. The van der Waals surface area contributed by atoms with E-state index in [4.69, 9.17) is 10.8 Å². The van der Waals surface area contributed by atoms with Crippen molar-refractivity contribution in [2.24, 2.45) is 5.73 Å². The van der Waals surface area contributed by atoms with Crippen molar-refractivity contribution in [2.75, 3.05) is 0 Å². The van der Waals surface area contributed by atoms with Crippen molar-refractivity contribution >= 4 is 12.4 Å². The molecule has 0 aromatic heterocycles. The van der Waals surface area contributed by atoms with Gasteiger partial charge in [-0.15, -0.1) is 12.4 Å². The standard InChI is InChI=1S/C5H11NO.ClH/c1-5(7)3-2-4(5)6;/h4,7H,2-3,6H2,1H3;1H/t4-,5-;/m1./s1. The number of rotatable bonds is 0. The zero-order valence-corrected chi connectivity index (χ0v) is 5.74. The third-order valence-electron chi connectivity index (χ3n) is 1.76. The smallest absolute Gasteiger partial charge is 0.0770 e. The van der Waals surface area contributed by atoms with Crippen LogP contribution in [0.15, 0.2) is 0 Å². The first-order valence-electron chi connectivity index (χ1n) is 2.61. The van der Waals surface area contributed by atoms with Crippen LogP contribution < -0.4 is 5.73 Å². The second kappa shape index (κ2) is 2.21. The second-order valence-corrected chi connectivity index (χ2v) is 2.50. The van der Waals surface area contributed by atoms with Crippen LogP contribution in [-0.4, -0.2) is 16.7 Å². The van der Waals surface area contributed by atoms with E-state index in [9.17, 15) is 0 Å². The van der Waals surface area contributed by atoms with Crippen molar-refractivity contribution in [1.82, 2.24) is 0 Å². The van der Waals surface area contributed by atoms with Crippen LogP contribution in [0, 0.1) is 0 Å². The van der Waals surface area contributed by atoms with Gasteiger partial charge in [-0.2, -0.15) is 0 Å². The van der Waals surface area contributed by atoms with Crippen LogP contribution in [0.1, 0.15) is 19.8 Å². The molecule has 50 valence electrons. The molecule has 2 atom stereocenters. The van der Waals surface area contributed by atoms with Crippen LogP contribution in [0.3, 0.4) is 0 Å². The van der Waals surface area contributed by atoms with E-state index in [1.54, 1.807) is 6.92 Å². The molecule has 0 bridgehead atoms. The van der Waals surface area contributed by atoms with Gasteiger partial charge in [0.2, 0.25) is 0 Å². The van der Waals surface area contributed by atoms with E-state index in [0.29, 0.717) is 0 Å². The zero-order valence-electron chi connectivity index (χ0n) is 4.92. The van der Waals surface area contributed by atoms with Crippen molar-refractivity contribution in [2.45, 2.75) is 31.4 Å². The number of aliphatic hydroxyl groups is 1. The Kier molecular flexibility index (Phi) is 2.27. The molecule has 0 aromatic carbocycles. The minimum atomic E-state index is -0.542. The summed E-state index contributed by atoms with van der Waals surface area (Å²) in [6.45, 7) is 1.78. The lowest BCUT2D eigenvalue weighted by Gasteiger charge is -2.39. The Balaban J connectivity index is 0.000000490. The van der Waals surface area contributed by atoms with Crippen molar-refractivity contribution in [3.8, 4) is 0 Å². The molecule has 0 aliphatic heterocycles. The molecule has 1 rings (SSSR count). The molecule has 0 radical (unpaired) electrons. The fourth-order valence-corrected chi connectivity index (χ4v) is 0.729. The van der Waals surface area contributed by atoms with Crippen LogP contribution in [-0.2, 0) is 0 Å². The Morgan fingerprint density at radius 1 is 1.75 bits per heavy atom. The Labute approximate surface area is 55.5 Å². The van der Waals surface area contributed by atoms with E-state index < -0.39 is 5.60 Å². The first-order chi connectivity index (χ1) is 3.13. The molecule has 3 heteroatoms. The summed E-state index contributed by atoms with van der Waals surface area (Å²) in [5.74, 6) is 0. The lowest BCUT2D eigenvalue weighted by Crippen LogP contribution is -2.54. The van der Waals surface area contributed by atoms with Gasteiger partial charge in [-0.3, -0.25) is 0 Å². The Hall–Kier alpha value is 0.210. The van der Waals surface area contributed by atoms with Crippen LogP contribution in [0.2, 0.25) is 0 Å². The van der Waals surface area contributed by atoms with Crippen molar-refractivity contribution < 1.29 is 5.11 Å². The van der Waals surface area contributed by atoms with E-state index in [1.807, 2.05) is 0 Å². The third-order valence-corrected chi connectivity index (χ3v) is 1.76. The minimum Gasteiger partial charge on any atom is -0.389 e.